The van der Waals surface area contributed by atoms with Gasteiger partial charge in [-0.15, -0.1) is 0 Å². The SMILES string of the molecule is CC(C)N1CCC2(CCCCC2)CC1.CC(C)N1CCC2(CCCCN2)CC1.CC(C)N1CCC2(CCNC2)CC1. The summed E-state index contributed by atoms with van der Waals surface area (Å²) in [4.78, 5) is 7.88. The first-order chi connectivity index (χ1) is 19.7. The molecule has 1 saturated carbocycles. The van der Waals surface area contributed by atoms with E-state index in [-0.39, 0.29) is 0 Å². The van der Waals surface area contributed by atoms with Gasteiger partial charge in [-0.2, -0.15) is 0 Å². The van der Waals surface area contributed by atoms with Crippen molar-refractivity contribution in [1.82, 2.24) is 25.3 Å². The lowest BCUT2D eigenvalue weighted by molar-refractivity contribution is 0.0529. The summed E-state index contributed by atoms with van der Waals surface area (Å²) in [6.45, 7) is 25.6. The first kappa shape index (κ1) is 33.7. The fourth-order valence-electron chi connectivity index (χ4n) is 8.98. The Balaban J connectivity index is 0.000000142. The van der Waals surface area contributed by atoms with Gasteiger partial charge in [0.25, 0.3) is 0 Å². The molecule has 0 atom stereocenters. The van der Waals surface area contributed by atoms with Crippen LogP contribution in [-0.2, 0) is 0 Å². The van der Waals surface area contributed by atoms with E-state index in [1.54, 1.807) is 0 Å². The van der Waals surface area contributed by atoms with Gasteiger partial charge in [0.05, 0.1) is 0 Å². The zero-order valence-electron chi connectivity index (χ0n) is 28.5. The van der Waals surface area contributed by atoms with Crippen LogP contribution in [0.25, 0.3) is 0 Å². The van der Waals surface area contributed by atoms with E-state index in [4.69, 9.17) is 0 Å². The van der Waals surface area contributed by atoms with Crippen LogP contribution in [0.15, 0.2) is 0 Å². The molecule has 0 unspecified atom stereocenters. The van der Waals surface area contributed by atoms with Gasteiger partial charge in [0, 0.05) is 43.3 Å². The summed E-state index contributed by atoms with van der Waals surface area (Å²) >= 11 is 0. The van der Waals surface area contributed by atoms with Crippen molar-refractivity contribution in [1.29, 1.82) is 0 Å². The summed E-state index contributed by atoms with van der Waals surface area (Å²) in [5.74, 6) is 0. The van der Waals surface area contributed by atoms with Crippen LogP contribution in [0.4, 0.5) is 0 Å². The third-order valence-electron chi connectivity index (χ3n) is 12.5. The van der Waals surface area contributed by atoms with Crippen LogP contribution < -0.4 is 10.6 Å². The van der Waals surface area contributed by atoms with Crippen LogP contribution in [0.5, 0.6) is 0 Å². The van der Waals surface area contributed by atoms with E-state index in [1.807, 2.05) is 0 Å². The molecule has 0 aromatic rings. The van der Waals surface area contributed by atoms with Crippen LogP contribution in [0.2, 0.25) is 0 Å². The Morgan fingerprint density at radius 2 is 0.902 bits per heavy atom. The molecular weight excluding hydrogens is 502 g/mol. The molecule has 6 rings (SSSR count). The minimum atomic E-state index is 0.531. The number of rotatable bonds is 3. The zero-order valence-corrected chi connectivity index (χ0v) is 28.5. The predicted octanol–water partition coefficient (Wildman–Crippen LogP) is 6.91. The van der Waals surface area contributed by atoms with E-state index in [0.717, 1.165) is 23.5 Å². The average Bonchev–Trinajstić information content (AvgIpc) is 3.43. The first-order valence-corrected chi connectivity index (χ1v) is 18.3. The van der Waals surface area contributed by atoms with Gasteiger partial charge < -0.3 is 25.3 Å². The topological polar surface area (TPSA) is 33.8 Å². The van der Waals surface area contributed by atoms with Crippen LogP contribution >= 0.6 is 0 Å². The Morgan fingerprint density at radius 3 is 1.32 bits per heavy atom. The van der Waals surface area contributed by atoms with Crippen molar-refractivity contribution in [3.8, 4) is 0 Å². The lowest BCUT2D eigenvalue weighted by Crippen LogP contribution is -2.56. The maximum Gasteiger partial charge on any atom is 0.0205 e. The predicted molar refractivity (Wildman–Crippen MR) is 178 cm³/mol. The highest BCUT2D eigenvalue weighted by molar-refractivity contribution is 4.96. The molecule has 5 nitrogen and oxygen atoms in total. The van der Waals surface area contributed by atoms with Crippen LogP contribution in [-0.4, -0.2) is 97.3 Å². The lowest BCUT2D eigenvalue weighted by atomic mass is 9.68. The van der Waals surface area contributed by atoms with E-state index in [2.05, 4.69) is 66.9 Å². The van der Waals surface area contributed by atoms with Gasteiger partial charge in [0.15, 0.2) is 0 Å². The number of nitrogens with one attached hydrogen (secondary N) is 2. The Hall–Kier alpha value is -0.200. The quantitative estimate of drug-likeness (QED) is 0.383. The highest BCUT2D eigenvalue weighted by atomic mass is 15.2. The van der Waals surface area contributed by atoms with Gasteiger partial charge >= 0.3 is 0 Å². The average molecular weight is 574 g/mol. The third kappa shape index (κ3) is 9.64. The number of nitrogens with zero attached hydrogens (tertiary/aromatic N) is 3. The van der Waals surface area contributed by atoms with Crippen molar-refractivity contribution in [3.63, 3.8) is 0 Å². The standard InChI is InChI=1S/C13H25N.C12H24N2.C11H22N2/c1-12(2)14-10-8-13(9-11-14)6-4-3-5-7-13;1-11(2)14-9-6-12(7-10-14)5-3-4-8-13-12;1-10(2)13-7-4-11(5-8-13)3-6-12-9-11/h12H,3-11H2,1-2H3;11,13H,3-10H2,1-2H3;10,12H,3-9H2,1-2H3. The molecule has 1 aliphatic carbocycles. The number of hydrogen-bond acceptors (Lipinski definition) is 5. The fourth-order valence-corrected chi connectivity index (χ4v) is 8.98. The molecule has 5 aliphatic heterocycles. The molecule has 6 aliphatic rings. The van der Waals surface area contributed by atoms with Gasteiger partial charge in [-0.05, 0) is 162 Å². The molecule has 5 heteroatoms. The maximum atomic E-state index is 3.77. The third-order valence-corrected chi connectivity index (χ3v) is 12.5. The summed E-state index contributed by atoms with van der Waals surface area (Å²) in [6, 6.07) is 2.23. The summed E-state index contributed by atoms with van der Waals surface area (Å²) < 4.78 is 0. The number of hydrogen-bond donors (Lipinski definition) is 2. The second-order valence-electron chi connectivity index (χ2n) is 16.0. The molecular formula is C36H71N5. The molecule has 6 fully saturated rings. The molecule has 0 amide bonds. The minimum Gasteiger partial charge on any atom is -0.316 e. The monoisotopic (exact) mass is 574 g/mol. The van der Waals surface area contributed by atoms with E-state index in [0.29, 0.717) is 11.0 Å². The molecule has 41 heavy (non-hydrogen) atoms. The highest BCUT2D eigenvalue weighted by Gasteiger charge is 2.38. The number of likely N-dealkylation sites (tertiary alicyclic amines) is 3. The van der Waals surface area contributed by atoms with Crippen molar-refractivity contribution in [2.45, 2.75) is 162 Å². The smallest absolute Gasteiger partial charge is 0.0205 e. The van der Waals surface area contributed by atoms with Gasteiger partial charge in [0.2, 0.25) is 0 Å². The minimum absolute atomic E-state index is 0.531. The summed E-state index contributed by atoms with van der Waals surface area (Å²) in [5.41, 5.74) is 2.00. The molecule has 240 valence electrons. The van der Waals surface area contributed by atoms with E-state index < -0.39 is 0 Å². The molecule has 0 radical (unpaired) electrons. The lowest BCUT2D eigenvalue weighted by Gasteiger charge is -2.46. The second-order valence-corrected chi connectivity index (χ2v) is 16.0. The summed E-state index contributed by atoms with van der Waals surface area (Å²) in [6.07, 6.45) is 21.7. The Labute approximate surface area is 256 Å². The molecule has 2 N–H and O–H groups in total. The summed E-state index contributed by atoms with van der Waals surface area (Å²) in [5, 5.41) is 7.28. The maximum absolute atomic E-state index is 3.77. The van der Waals surface area contributed by atoms with Crippen molar-refractivity contribution >= 4 is 0 Å². The normalized spacial score (nSPS) is 28.6. The molecule has 0 aromatic carbocycles. The summed E-state index contributed by atoms with van der Waals surface area (Å²) in [7, 11) is 0. The van der Waals surface area contributed by atoms with Crippen LogP contribution in [0.3, 0.4) is 0 Å². The number of piperidine rings is 4. The fraction of sp³-hybridized carbons (Fsp3) is 1.00. The Kier molecular flexibility index (Phi) is 12.9. The Bertz CT molecular complexity index is 658. The molecule has 5 saturated heterocycles. The van der Waals surface area contributed by atoms with Gasteiger partial charge in [-0.25, -0.2) is 0 Å². The van der Waals surface area contributed by atoms with Crippen molar-refractivity contribution in [2.75, 3.05) is 58.9 Å². The van der Waals surface area contributed by atoms with Crippen molar-refractivity contribution in [3.05, 3.63) is 0 Å². The second kappa shape index (κ2) is 15.7. The first-order valence-electron chi connectivity index (χ1n) is 18.3. The van der Waals surface area contributed by atoms with Gasteiger partial charge in [-0.3, -0.25) is 0 Å². The molecule has 3 spiro atoms. The van der Waals surface area contributed by atoms with Crippen LogP contribution in [0.1, 0.15) is 138 Å². The molecule has 0 aromatic heterocycles. The molecule has 5 heterocycles. The van der Waals surface area contributed by atoms with Crippen molar-refractivity contribution < 1.29 is 0 Å². The molecule has 0 bridgehead atoms. The zero-order chi connectivity index (χ0) is 29.3. The van der Waals surface area contributed by atoms with Crippen molar-refractivity contribution in [2.24, 2.45) is 10.8 Å². The van der Waals surface area contributed by atoms with E-state index in [1.165, 1.54) is 155 Å². The Morgan fingerprint density at radius 1 is 0.439 bits per heavy atom. The van der Waals surface area contributed by atoms with E-state index >= 15 is 0 Å². The van der Waals surface area contributed by atoms with Crippen LogP contribution in [0, 0.1) is 10.8 Å². The largest absolute Gasteiger partial charge is 0.316 e. The highest BCUT2D eigenvalue weighted by Crippen LogP contribution is 2.44. The van der Waals surface area contributed by atoms with E-state index in [9.17, 15) is 0 Å². The van der Waals surface area contributed by atoms with Gasteiger partial charge in [-0.1, -0.05) is 25.7 Å². The van der Waals surface area contributed by atoms with Gasteiger partial charge in [0.1, 0.15) is 0 Å².